The summed E-state index contributed by atoms with van der Waals surface area (Å²) >= 11 is 0. The SMILES string of the molecule is CCC1CN(c2c(F)cccc2CNC(C)C)CCO1. The normalized spacial score (nSPS) is 19.6. The minimum absolute atomic E-state index is 0.134. The predicted octanol–water partition coefficient (Wildman–Crippen LogP) is 2.94. The van der Waals surface area contributed by atoms with Crippen molar-refractivity contribution in [3.8, 4) is 0 Å². The third-order valence-corrected chi connectivity index (χ3v) is 3.68. The van der Waals surface area contributed by atoms with Gasteiger partial charge in [-0.3, -0.25) is 0 Å². The molecule has 1 fully saturated rings. The summed E-state index contributed by atoms with van der Waals surface area (Å²) in [5.41, 5.74) is 1.76. The molecular weight excluding hydrogens is 255 g/mol. The quantitative estimate of drug-likeness (QED) is 0.897. The highest BCUT2D eigenvalue weighted by molar-refractivity contribution is 5.55. The van der Waals surface area contributed by atoms with Gasteiger partial charge in [-0.05, 0) is 18.1 Å². The highest BCUT2D eigenvalue weighted by atomic mass is 19.1. The molecule has 112 valence electrons. The average Bonchev–Trinajstić information content (AvgIpc) is 2.45. The van der Waals surface area contributed by atoms with E-state index in [1.165, 1.54) is 0 Å². The molecule has 0 aromatic heterocycles. The fraction of sp³-hybridized carbons (Fsp3) is 0.625. The maximum absolute atomic E-state index is 14.3. The van der Waals surface area contributed by atoms with Crippen molar-refractivity contribution in [3.05, 3.63) is 29.6 Å². The maximum atomic E-state index is 14.3. The summed E-state index contributed by atoms with van der Waals surface area (Å²) in [5.74, 6) is -0.134. The van der Waals surface area contributed by atoms with Crippen LogP contribution in [0, 0.1) is 5.82 Å². The van der Waals surface area contributed by atoms with Crippen LogP contribution in [-0.2, 0) is 11.3 Å². The Labute approximate surface area is 121 Å². The summed E-state index contributed by atoms with van der Waals surface area (Å²) in [4.78, 5) is 2.13. The van der Waals surface area contributed by atoms with E-state index in [9.17, 15) is 4.39 Å². The Kier molecular flexibility index (Phi) is 5.38. The van der Waals surface area contributed by atoms with Crippen LogP contribution in [0.2, 0.25) is 0 Å². The van der Waals surface area contributed by atoms with Crippen molar-refractivity contribution < 1.29 is 9.13 Å². The van der Waals surface area contributed by atoms with Gasteiger partial charge >= 0.3 is 0 Å². The smallest absolute Gasteiger partial charge is 0.146 e. The van der Waals surface area contributed by atoms with Crippen molar-refractivity contribution in [1.82, 2.24) is 5.32 Å². The lowest BCUT2D eigenvalue weighted by molar-refractivity contribution is 0.0381. The van der Waals surface area contributed by atoms with Gasteiger partial charge in [0.25, 0.3) is 0 Å². The highest BCUT2D eigenvalue weighted by Gasteiger charge is 2.23. The first kappa shape index (κ1) is 15.3. The average molecular weight is 280 g/mol. The van der Waals surface area contributed by atoms with Crippen LogP contribution in [0.4, 0.5) is 10.1 Å². The van der Waals surface area contributed by atoms with Gasteiger partial charge in [-0.1, -0.05) is 32.9 Å². The molecule has 20 heavy (non-hydrogen) atoms. The third-order valence-electron chi connectivity index (χ3n) is 3.68. The molecule has 1 heterocycles. The molecule has 0 amide bonds. The molecule has 1 aromatic rings. The van der Waals surface area contributed by atoms with Gasteiger partial charge in [0.05, 0.1) is 18.4 Å². The molecule has 4 heteroatoms. The minimum Gasteiger partial charge on any atom is -0.375 e. The monoisotopic (exact) mass is 280 g/mol. The Balaban J connectivity index is 2.20. The van der Waals surface area contributed by atoms with E-state index >= 15 is 0 Å². The van der Waals surface area contributed by atoms with Crippen molar-refractivity contribution in [2.24, 2.45) is 0 Å². The largest absolute Gasteiger partial charge is 0.375 e. The molecule has 1 N–H and O–H groups in total. The van der Waals surface area contributed by atoms with Crippen LogP contribution in [0.15, 0.2) is 18.2 Å². The number of halogens is 1. The number of ether oxygens (including phenoxy) is 1. The lowest BCUT2D eigenvalue weighted by Gasteiger charge is -2.35. The van der Waals surface area contributed by atoms with Crippen LogP contribution in [0.3, 0.4) is 0 Å². The van der Waals surface area contributed by atoms with Crippen molar-refractivity contribution >= 4 is 5.69 Å². The van der Waals surface area contributed by atoms with Crippen molar-refractivity contribution in [2.75, 3.05) is 24.6 Å². The topological polar surface area (TPSA) is 24.5 Å². The van der Waals surface area contributed by atoms with Gasteiger partial charge in [0.2, 0.25) is 0 Å². The number of nitrogens with zero attached hydrogens (tertiary/aromatic N) is 1. The molecule has 1 atom stereocenters. The Morgan fingerprint density at radius 2 is 2.25 bits per heavy atom. The maximum Gasteiger partial charge on any atom is 0.146 e. The number of hydrogen-bond acceptors (Lipinski definition) is 3. The van der Waals surface area contributed by atoms with Crippen LogP contribution >= 0.6 is 0 Å². The molecule has 0 aliphatic carbocycles. The van der Waals surface area contributed by atoms with Crippen LogP contribution in [0.1, 0.15) is 32.8 Å². The Bertz CT molecular complexity index is 436. The second kappa shape index (κ2) is 7.04. The van der Waals surface area contributed by atoms with Gasteiger partial charge in [-0.2, -0.15) is 0 Å². The van der Waals surface area contributed by atoms with Crippen LogP contribution in [0.25, 0.3) is 0 Å². The van der Waals surface area contributed by atoms with Crippen LogP contribution < -0.4 is 10.2 Å². The number of morpholine rings is 1. The van der Waals surface area contributed by atoms with Gasteiger partial charge in [-0.25, -0.2) is 4.39 Å². The standard InChI is InChI=1S/C16H25FN2O/c1-4-14-11-19(8-9-20-14)16-13(10-18-12(2)3)6-5-7-15(16)17/h5-7,12,14,18H,4,8-11H2,1-3H3. The molecule has 0 spiro atoms. The van der Waals surface area contributed by atoms with Gasteiger partial charge in [0.15, 0.2) is 0 Å². The van der Waals surface area contributed by atoms with Gasteiger partial charge < -0.3 is 15.0 Å². The summed E-state index contributed by atoms with van der Waals surface area (Å²) in [6.45, 7) is 9.19. The fourth-order valence-electron chi connectivity index (χ4n) is 2.54. The van der Waals surface area contributed by atoms with Crippen LogP contribution in [-0.4, -0.2) is 31.8 Å². The molecule has 1 aliphatic rings. The first-order valence-electron chi connectivity index (χ1n) is 7.49. The molecule has 1 aromatic carbocycles. The van der Waals surface area contributed by atoms with Crippen molar-refractivity contribution in [3.63, 3.8) is 0 Å². The van der Waals surface area contributed by atoms with E-state index in [4.69, 9.17) is 4.74 Å². The molecule has 0 radical (unpaired) electrons. The van der Waals surface area contributed by atoms with Crippen molar-refractivity contribution in [2.45, 2.75) is 45.9 Å². The third kappa shape index (κ3) is 3.70. The van der Waals surface area contributed by atoms with E-state index in [2.05, 4.69) is 31.0 Å². The number of para-hydroxylation sites is 1. The summed E-state index contributed by atoms with van der Waals surface area (Å²) in [6.07, 6.45) is 1.17. The zero-order valence-electron chi connectivity index (χ0n) is 12.7. The van der Waals surface area contributed by atoms with Gasteiger partial charge in [0, 0.05) is 25.7 Å². The van der Waals surface area contributed by atoms with E-state index < -0.39 is 0 Å². The highest BCUT2D eigenvalue weighted by Crippen LogP contribution is 2.27. The Morgan fingerprint density at radius 3 is 2.95 bits per heavy atom. The van der Waals surface area contributed by atoms with E-state index in [1.54, 1.807) is 12.1 Å². The van der Waals surface area contributed by atoms with E-state index in [-0.39, 0.29) is 11.9 Å². The predicted molar refractivity (Wildman–Crippen MR) is 80.6 cm³/mol. The molecule has 1 unspecified atom stereocenters. The van der Waals surface area contributed by atoms with E-state index in [0.29, 0.717) is 19.2 Å². The number of nitrogens with one attached hydrogen (secondary N) is 1. The van der Waals surface area contributed by atoms with E-state index in [1.807, 2.05) is 6.07 Å². The number of hydrogen-bond donors (Lipinski definition) is 1. The van der Waals surface area contributed by atoms with Crippen molar-refractivity contribution in [1.29, 1.82) is 0 Å². The number of benzene rings is 1. The Morgan fingerprint density at radius 1 is 1.45 bits per heavy atom. The van der Waals surface area contributed by atoms with E-state index in [0.717, 1.165) is 30.8 Å². The molecule has 1 aliphatic heterocycles. The summed E-state index contributed by atoms with van der Waals surface area (Å²) in [5, 5.41) is 3.37. The first-order valence-corrected chi connectivity index (χ1v) is 7.49. The minimum atomic E-state index is -0.134. The number of anilines is 1. The molecule has 0 saturated carbocycles. The lowest BCUT2D eigenvalue weighted by Crippen LogP contribution is -2.43. The second-order valence-corrected chi connectivity index (χ2v) is 5.63. The summed E-state index contributed by atoms with van der Waals surface area (Å²) < 4.78 is 20.0. The summed E-state index contributed by atoms with van der Waals surface area (Å²) in [7, 11) is 0. The Hall–Kier alpha value is -1.13. The van der Waals surface area contributed by atoms with Crippen LogP contribution in [0.5, 0.6) is 0 Å². The first-order chi connectivity index (χ1) is 9.61. The zero-order chi connectivity index (χ0) is 14.5. The van der Waals surface area contributed by atoms with Gasteiger partial charge in [-0.15, -0.1) is 0 Å². The second-order valence-electron chi connectivity index (χ2n) is 5.63. The fourth-order valence-corrected chi connectivity index (χ4v) is 2.54. The molecular formula is C16H25FN2O. The molecule has 1 saturated heterocycles. The zero-order valence-corrected chi connectivity index (χ0v) is 12.7. The molecule has 3 nitrogen and oxygen atoms in total. The summed E-state index contributed by atoms with van der Waals surface area (Å²) in [6, 6.07) is 5.72. The van der Waals surface area contributed by atoms with Gasteiger partial charge in [0.1, 0.15) is 5.82 Å². The molecule has 2 rings (SSSR count). The number of rotatable bonds is 5. The lowest BCUT2D eigenvalue weighted by atomic mass is 10.1. The molecule has 0 bridgehead atoms.